The monoisotopic (exact) mass is 314 g/mol. The molecule has 2 saturated carbocycles. The van der Waals surface area contributed by atoms with Crippen LogP contribution in [-0.4, -0.2) is 12.2 Å². The standard InChI is InChI=1S/C22H34O/c1-6-15-22(5)16-9-12-20(21(22)18(4)7-2)23-19-11-8-10-17(3)13-14-19/h6-7,15,19-21H,2-4,8-14,16H2,1,5H3/b15-6+/t19?,20-,21+,22?/m0/s1. The maximum atomic E-state index is 6.65. The van der Waals surface area contributed by atoms with Gasteiger partial charge in [0.2, 0.25) is 0 Å². The van der Waals surface area contributed by atoms with Crippen molar-refractivity contribution in [3.63, 3.8) is 0 Å². The Bertz CT molecular complexity index is 472. The van der Waals surface area contributed by atoms with Crippen molar-refractivity contribution in [2.75, 3.05) is 0 Å². The van der Waals surface area contributed by atoms with Gasteiger partial charge in [0, 0.05) is 5.92 Å². The van der Waals surface area contributed by atoms with E-state index >= 15 is 0 Å². The quantitative estimate of drug-likeness (QED) is 0.325. The van der Waals surface area contributed by atoms with Gasteiger partial charge in [-0.3, -0.25) is 0 Å². The molecule has 0 heterocycles. The van der Waals surface area contributed by atoms with Gasteiger partial charge in [-0.05, 0) is 69.3 Å². The molecule has 2 fully saturated rings. The van der Waals surface area contributed by atoms with Gasteiger partial charge >= 0.3 is 0 Å². The van der Waals surface area contributed by atoms with Crippen LogP contribution in [0.4, 0.5) is 0 Å². The van der Waals surface area contributed by atoms with E-state index < -0.39 is 0 Å². The summed E-state index contributed by atoms with van der Waals surface area (Å²) in [5.41, 5.74) is 2.66. The van der Waals surface area contributed by atoms with Gasteiger partial charge in [-0.15, -0.1) is 0 Å². The highest BCUT2D eigenvalue weighted by Gasteiger charge is 2.42. The smallest absolute Gasteiger partial charge is 0.0655 e. The van der Waals surface area contributed by atoms with E-state index in [-0.39, 0.29) is 11.5 Å². The van der Waals surface area contributed by atoms with Gasteiger partial charge in [-0.2, -0.15) is 0 Å². The van der Waals surface area contributed by atoms with Crippen LogP contribution in [0, 0.1) is 11.3 Å². The summed E-state index contributed by atoms with van der Waals surface area (Å²) in [6, 6.07) is 0. The number of hydrogen-bond acceptors (Lipinski definition) is 1. The van der Waals surface area contributed by atoms with Crippen molar-refractivity contribution in [2.45, 2.75) is 77.4 Å². The van der Waals surface area contributed by atoms with Crippen molar-refractivity contribution < 1.29 is 4.74 Å². The minimum atomic E-state index is 0.136. The van der Waals surface area contributed by atoms with Gasteiger partial charge in [0.05, 0.1) is 12.2 Å². The normalized spacial score (nSPS) is 35.9. The van der Waals surface area contributed by atoms with Crippen molar-refractivity contribution in [1.82, 2.24) is 0 Å². The largest absolute Gasteiger partial charge is 0.374 e. The first kappa shape index (κ1) is 18.3. The number of rotatable bonds is 5. The lowest BCUT2D eigenvalue weighted by atomic mass is 9.63. The molecule has 0 aromatic heterocycles. The average Bonchev–Trinajstić information content (AvgIpc) is 2.71. The fourth-order valence-corrected chi connectivity index (χ4v) is 4.53. The molecule has 0 saturated heterocycles. The van der Waals surface area contributed by atoms with Gasteiger partial charge in [-0.1, -0.05) is 50.5 Å². The Balaban J connectivity index is 2.15. The van der Waals surface area contributed by atoms with Gasteiger partial charge < -0.3 is 4.74 Å². The molecule has 0 amide bonds. The molecule has 4 atom stereocenters. The molecule has 0 spiro atoms. The van der Waals surface area contributed by atoms with Gasteiger partial charge in [0.15, 0.2) is 0 Å². The van der Waals surface area contributed by atoms with Gasteiger partial charge in [0.25, 0.3) is 0 Å². The Morgan fingerprint density at radius 1 is 1.22 bits per heavy atom. The molecule has 2 rings (SSSR count). The second-order valence-corrected chi connectivity index (χ2v) is 7.63. The highest BCUT2D eigenvalue weighted by atomic mass is 16.5. The first-order valence-electron chi connectivity index (χ1n) is 9.27. The Morgan fingerprint density at radius 3 is 2.70 bits per heavy atom. The Hall–Kier alpha value is -1.08. The second kappa shape index (κ2) is 8.15. The van der Waals surface area contributed by atoms with Crippen LogP contribution in [0.1, 0.15) is 65.2 Å². The fraction of sp³-hybridized carbons (Fsp3) is 0.636. The van der Waals surface area contributed by atoms with Crippen LogP contribution < -0.4 is 0 Å². The van der Waals surface area contributed by atoms with Crippen LogP contribution in [0.2, 0.25) is 0 Å². The van der Waals surface area contributed by atoms with Crippen LogP contribution in [0.15, 0.2) is 49.1 Å². The predicted octanol–water partition coefficient (Wildman–Crippen LogP) is 6.39. The third-order valence-electron chi connectivity index (χ3n) is 5.74. The van der Waals surface area contributed by atoms with E-state index in [9.17, 15) is 0 Å². The molecule has 2 aliphatic rings. The number of ether oxygens (including phenoxy) is 1. The zero-order chi connectivity index (χ0) is 16.9. The summed E-state index contributed by atoms with van der Waals surface area (Å²) in [4.78, 5) is 0. The molecule has 0 aliphatic heterocycles. The van der Waals surface area contributed by atoms with Crippen LogP contribution in [0.3, 0.4) is 0 Å². The van der Waals surface area contributed by atoms with E-state index in [1.165, 1.54) is 37.7 Å². The second-order valence-electron chi connectivity index (χ2n) is 7.63. The molecule has 2 aliphatic carbocycles. The van der Waals surface area contributed by atoms with Crippen molar-refractivity contribution in [3.8, 4) is 0 Å². The molecular weight excluding hydrogens is 280 g/mol. The third-order valence-corrected chi connectivity index (χ3v) is 5.74. The van der Waals surface area contributed by atoms with Crippen LogP contribution in [-0.2, 0) is 4.74 Å². The topological polar surface area (TPSA) is 9.23 Å². The third kappa shape index (κ3) is 4.47. The minimum absolute atomic E-state index is 0.136. The highest BCUT2D eigenvalue weighted by molar-refractivity contribution is 5.24. The zero-order valence-electron chi connectivity index (χ0n) is 15.2. The molecule has 1 heteroatoms. The lowest BCUT2D eigenvalue weighted by Gasteiger charge is -2.46. The van der Waals surface area contributed by atoms with E-state index in [0.29, 0.717) is 12.0 Å². The van der Waals surface area contributed by atoms with Crippen molar-refractivity contribution in [3.05, 3.63) is 49.1 Å². The summed E-state index contributed by atoms with van der Waals surface area (Å²) in [5.74, 6) is 0.344. The molecular formula is C22H34O. The van der Waals surface area contributed by atoms with Gasteiger partial charge in [0.1, 0.15) is 0 Å². The van der Waals surface area contributed by atoms with Gasteiger partial charge in [-0.25, -0.2) is 0 Å². The predicted molar refractivity (Wildman–Crippen MR) is 100 cm³/mol. The van der Waals surface area contributed by atoms with Crippen molar-refractivity contribution in [1.29, 1.82) is 0 Å². The van der Waals surface area contributed by atoms with E-state index in [0.717, 1.165) is 24.8 Å². The lowest BCUT2D eigenvalue weighted by Crippen LogP contribution is -2.42. The number of allylic oxidation sites excluding steroid dienone is 4. The molecule has 0 aromatic rings. The van der Waals surface area contributed by atoms with Crippen molar-refractivity contribution in [2.24, 2.45) is 11.3 Å². The molecule has 0 bridgehead atoms. The summed E-state index contributed by atoms with van der Waals surface area (Å²) >= 11 is 0. The molecule has 2 unspecified atom stereocenters. The molecule has 0 N–H and O–H groups in total. The Kier molecular flexibility index (Phi) is 6.47. The van der Waals surface area contributed by atoms with E-state index in [1.807, 2.05) is 6.08 Å². The van der Waals surface area contributed by atoms with Crippen LogP contribution >= 0.6 is 0 Å². The zero-order valence-corrected chi connectivity index (χ0v) is 15.2. The minimum Gasteiger partial charge on any atom is -0.374 e. The Labute approximate surface area is 143 Å². The maximum absolute atomic E-state index is 6.65. The SMILES string of the molecule is C=CC(=C)[C@@H]1[C@@H](OC2CCCC(=C)CC2)CCCC1(C)/C=C/C. The highest BCUT2D eigenvalue weighted by Crippen LogP contribution is 2.47. The summed E-state index contributed by atoms with van der Waals surface area (Å²) in [6.07, 6.45) is 16.5. The summed E-state index contributed by atoms with van der Waals surface area (Å²) in [7, 11) is 0. The maximum Gasteiger partial charge on any atom is 0.0655 e. The molecule has 0 radical (unpaired) electrons. The van der Waals surface area contributed by atoms with Crippen molar-refractivity contribution >= 4 is 0 Å². The van der Waals surface area contributed by atoms with Crippen LogP contribution in [0.5, 0.6) is 0 Å². The fourth-order valence-electron chi connectivity index (χ4n) is 4.53. The summed E-state index contributed by atoms with van der Waals surface area (Å²) in [6.45, 7) is 16.9. The van der Waals surface area contributed by atoms with Crippen LogP contribution in [0.25, 0.3) is 0 Å². The van der Waals surface area contributed by atoms with E-state index in [1.54, 1.807) is 0 Å². The molecule has 23 heavy (non-hydrogen) atoms. The first-order valence-corrected chi connectivity index (χ1v) is 9.27. The number of hydrogen-bond donors (Lipinski definition) is 0. The molecule has 0 aromatic carbocycles. The average molecular weight is 315 g/mol. The summed E-state index contributed by atoms with van der Waals surface area (Å²) < 4.78 is 6.65. The van der Waals surface area contributed by atoms with E-state index in [2.05, 4.69) is 45.7 Å². The Morgan fingerprint density at radius 2 is 2.00 bits per heavy atom. The summed E-state index contributed by atoms with van der Waals surface area (Å²) in [5, 5.41) is 0. The first-order chi connectivity index (χ1) is 11.0. The molecule has 1 nitrogen and oxygen atoms in total. The van der Waals surface area contributed by atoms with E-state index in [4.69, 9.17) is 4.74 Å². The molecule has 128 valence electrons. The lowest BCUT2D eigenvalue weighted by molar-refractivity contribution is -0.0804.